The van der Waals surface area contributed by atoms with Crippen molar-refractivity contribution in [1.29, 1.82) is 0 Å². The third kappa shape index (κ3) is 2.53. The molecule has 0 N–H and O–H groups in total. The van der Waals surface area contributed by atoms with Gasteiger partial charge in [0.1, 0.15) is 0 Å². The van der Waals surface area contributed by atoms with Crippen LogP contribution in [-0.4, -0.2) is 5.78 Å². The molecule has 1 heteroatoms. The van der Waals surface area contributed by atoms with E-state index < -0.39 is 0 Å². The smallest absolute Gasteiger partial charge is 0.162 e. The summed E-state index contributed by atoms with van der Waals surface area (Å²) in [6, 6.07) is 0. The van der Waals surface area contributed by atoms with E-state index in [-0.39, 0.29) is 0 Å². The molecule has 0 aromatic rings. The van der Waals surface area contributed by atoms with Crippen LogP contribution in [0.15, 0.2) is 11.6 Å². The highest BCUT2D eigenvalue weighted by Gasteiger charge is 2.52. The SMILES string of the molecule is CCCCCCCCC1=CC2C3CCC(C3)C2C1=O. The Kier molecular flexibility index (Phi) is 4.10. The molecule has 4 unspecified atom stereocenters. The molecule has 0 spiro atoms. The first kappa shape index (κ1) is 13.4. The molecule has 0 aromatic heterocycles. The fraction of sp³-hybridized carbons (Fsp3) is 0.833. The Morgan fingerprint density at radius 1 is 1.05 bits per heavy atom. The molecule has 0 heterocycles. The van der Waals surface area contributed by atoms with Gasteiger partial charge in [-0.05, 0) is 55.4 Å². The maximum Gasteiger partial charge on any atom is 0.162 e. The standard InChI is InChI=1S/C18H28O/c1-2-3-4-5-6-7-8-15-12-16-13-9-10-14(11-13)17(16)18(15)19/h12-14,16-17H,2-11H2,1H3. The molecule has 3 aliphatic rings. The van der Waals surface area contributed by atoms with Crippen molar-refractivity contribution in [3.63, 3.8) is 0 Å². The van der Waals surface area contributed by atoms with Crippen molar-refractivity contribution in [2.24, 2.45) is 23.7 Å². The molecule has 2 saturated carbocycles. The van der Waals surface area contributed by atoms with Gasteiger partial charge >= 0.3 is 0 Å². The summed E-state index contributed by atoms with van der Waals surface area (Å²) in [5.41, 5.74) is 1.21. The van der Waals surface area contributed by atoms with Crippen molar-refractivity contribution in [1.82, 2.24) is 0 Å². The van der Waals surface area contributed by atoms with Crippen LogP contribution in [0.25, 0.3) is 0 Å². The molecule has 0 aliphatic heterocycles. The second-order valence-electron chi connectivity index (χ2n) is 7.01. The summed E-state index contributed by atoms with van der Waals surface area (Å²) in [5, 5.41) is 0. The Balaban J connectivity index is 1.45. The average molecular weight is 260 g/mol. The van der Waals surface area contributed by atoms with Gasteiger partial charge in [-0.15, -0.1) is 0 Å². The van der Waals surface area contributed by atoms with Gasteiger partial charge in [0.15, 0.2) is 5.78 Å². The molecule has 3 aliphatic carbocycles. The Hall–Kier alpha value is -0.590. The van der Waals surface area contributed by atoms with Crippen LogP contribution in [0.2, 0.25) is 0 Å². The highest BCUT2D eigenvalue weighted by molar-refractivity contribution is 6.00. The highest BCUT2D eigenvalue weighted by atomic mass is 16.1. The lowest BCUT2D eigenvalue weighted by Gasteiger charge is -2.22. The molecule has 1 nitrogen and oxygen atoms in total. The zero-order valence-corrected chi connectivity index (χ0v) is 12.4. The average Bonchev–Trinajstić information content (AvgIpc) is 3.08. The Bertz CT molecular complexity index is 368. The summed E-state index contributed by atoms with van der Waals surface area (Å²) in [5.74, 6) is 3.24. The van der Waals surface area contributed by atoms with E-state index in [0.29, 0.717) is 17.6 Å². The van der Waals surface area contributed by atoms with Crippen LogP contribution in [0.1, 0.15) is 71.1 Å². The second kappa shape index (κ2) is 5.81. The number of allylic oxidation sites excluding steroid dienone is 2. The number of rotatable bonds is 7. The monoisotopic (exact) mass is 260 g/mol. The van der Waals surface area contributed by atoms with Gasteiger partial charge in [-0.25, -0.2) is 0 Å². The van der Waals surface area contributed by atoms with Crippen molar-refractivity contribution < 1.29 is 4.79 Å². The molecule has 0 radical (unpaired) electrons. The first-order chi connectivity index (χ1) is 9.31. The zero-order chi connectivity index (χ0) is 13.2. The van der Waals surface area contributed by atoms with Gasteiger partial charge in [-0.2, -0.15) is 0 Å². The van der Waals surface area contributed by atoms with E-state index in [1.807, 2.05) is 0 Å². The van der Waals surface area contributed by atoms with E-state index >= 15 is 0 Å². The maximum absolute atomic E-state index is 12.5. The van der Waals surface area contributed by atoms with Crippen molar-refractivity contribution in [3.8, 4) is 0 Å². The number of unbranched alkanes of at least 4 members (excludes halogenated alkanes) is 5. The number of hydrogen-bond donors (Lipinski definition) is 0. The normalized spacial score (nSPS) is 35.8. The summed E-state index contributed by atoms with van der Waals surface area (Å²) in [7, 11) is 0. The Labute approximate surface area is 117 Å². The fourth-order valence-electron chi connectivity index (χ4n) is 4.80. The second-order valence-corrected chi connectivity index (χ2v) is 7.01. The lowest BCUT2D eigenvalue weighted by molar-refractivity contribution is -0.120. The quantitative estimate of drug-likeness (QED) is 0.594. The van der Waals surface area contributed by atoms with E-state index in [1.165, 1.54) is 63.4 Å². The van der Waals surface area contributed by atoms with E-state index in [1.54, 1.807) is 0 Å². The van der Waals surface area contributed by atoms with Gasteiger partial charge in [-0.3, -0.25) is 4.79 Å². The van der Waals surface area contributed by atoms with Gasteiger partial charge in [0, 0.05) is 5.92 Å². The van der Waals surface area contributed by atoms with Crippen molar-refractivity contribution >= 4 is 5.78 Å². The van der Waals surface area contributed by atoms with Crippen LogP contribution in [0.3, 0.4) is 0 Å². The van der Waals surface area contributed by atoms with Crippen LogP contribution in [0.5, 0.6) is 0 Å². The number of Topliss-reactive ketones (excluding diaryl/α,β-unsaturated/α-hetero) is 1. The number of carbonyl (C=O) groups excluding carboxylic acids is 1. The molecule has 2 bridgehead atoms. The minimum atomic E-state index is 0.425. The third-order valence-electron chi connectivity index (χ3n) is 5.79. The predicted molar refractivity (Wildman–Crippen MR) is 78.9 cm³/mol. The molecular formula is C18H28O. The first-order valence-electron chi connectivity index (χ1n) is 8.56. The minimum absolute atomic E-state index is 0.425. The summed E-state index contributed by atoms with van der Waals surface area (Å²) < 4.78 is 0. The molecule has 3 rings (SSSR count). The van der Waals surface area contributed by atoms with Crippen LogP contribution >= 0.6 is 0 Å². The molecule has 2 fully saturated rings. The number of hydrogen-bond acceptors (Lipinski definition) is 1. The zero-order valence-electron chi connectivity index (χ0n) is 12.4. The molecule has 0 amide bonds. The van der Waals surface area contributed by atoms with Gasteiger partial charge in [0.25, 0.3) is 0 Å². The van der Waals surface area contributed by atoms with Crippen LogP contribution in [0.4, 0.5) is 0 Å². The van der Waals surface area contributed by atoms with Crippen LogP contribution in [0, 0.1) is 23.7 Å². The minimum Gasteiger partial charge on any atom is -0.294 e. The largest absolute Gasteiger partial charge is 0.294 e. The lowest BCUT2D eigenvalue weighted by Crippen LogP contribution is -2.23. The fourth-order valence-corrected chi connectivity index (χ4v) is 4.80. The first-order valence-corrected chi connectivity index (χ1v) is 8.56. The van der Waals surface area contributed by atoms with Crippen molar-refractivity contribution in [2.45, 2.75) is 71.1 Å². The maximum atomic E-state index is 12.5. The van der Waals surface area contributed by atoms with Gasteiger partial charge in [-0.1, -0.05) is 45.1 Å². The number of fused-ring (bicyclic) bond motifs is 5. The van der Waals surface area contributed by atoms with Crippen LogP contribution in [-0.2, 0) is 4.79 Å². The van der Waals surface area contributed by atoms with E-state index in [0.717, 1.165) is 18.3 Å². The van der Waals surface area contributed by atoms with Gasteiger partial charge in [0.2, 0.25) is 0 Å². The summed E-state index contributed by atoms with van der Waals surface area (Å²) in [6.07, 6.45) is 15.5. The van der Waals surface area contributed by atoms with Gasteiger partial charge in [0.05, 0.1) is 0 Å². The lowest BCUT2D eigenvalue weighted by atomic mass is 9.81. The van der Waals surface area contributed by atoms with Crippen LogP contribution < -0.4 is 0 Å². The van der Waals surface area contributed by atoms with Crippen molar-refractivity contribution in [2.75, 3.05) is 0 Å². The highest BCUT2D eigenvalue weighted by Crippen LogP contribution is 2.56. The number of carbonyl (C=O) groups is 1. The van der Waals surface area contributed by atoms with Gasteiger partial charge < -0.3 is 0 Å². The summed E-state index contributed by atoms with van der Waals surface area (Å²) >= 11 is 0. The van der Waals surface area contributed by atoms with E-state index in [9.17, 15) is 4.79 Å². The van der Waals surface area contributed by atoms with E-state index in [2.05, 4.69) is 13.0 Å². The third-order valence-corrected chi connectivity index (χ3v) is 5.79. The Morgan fingerprint density at radius 2 is 1.79 bits per heavy atom. The molecular weight excluding hydrogens is 232 g/mol. The molecule has 4 atom stereocenters. The molecule has 0 aromatic carbocycles. The molecule has 0 saturated heterocycles. The topological polar surface area (TPSA) is 17.1 Å². The van der Waals surface area contributed by atoms with E-state index in [4.69, 9.17) is 0 Å². The predicted octanol–water partition coefficient (Wildman–Crippen LogP) is 4.91. The number of ketones is 1. The molecule has 19 heavy (non-hydrogen) atoms. The molecule has 106 valence electrons. The summed E-state index contributed by atoms with van der Waals surface area (Å²) in [4.78, 5) is 12.5. The Morgan fingerprint density at radius 3 is 2.58 bits per heavy atom. The van der Waals surface area contributed by atoms with Crippen molar-refractivity contribution in [3.05, 3.63) is 11.6 Å². The summed E-state index contributed by atoms with van der Waals surface area (Å²) in [6.45, 7) is 2.26.